The van der Waals surface area contributed by atoms with Crippen molar-refractivity contribution >= 4 is 23.5 Å². The van der Waals surface area contributed by atoms with E-state index in [0.717, 1.165) is 11.1 Å². The number of carbonyl (C=O) groups is 2. The highest BCUT2D eigenvalue weighted by Gasteiger charge is 2.43. The summed E-state index contributed by atoms with van der Waals surface area (Å²) in [5.41, 5.74) is 2.49. The highest BCUT2D eigenvalue weighted by molar-refractivity contribution is 6.00. The van der Waals surface area contributed by atoms with Crippen LogP contribution in [0.5, 0.6) is 0 Å². The Labute approximate surface area is 157 Å². The summed E-state index contributed by atoms with van der Waals surface area (Å²) in [6, 6.07) is 8.82. The van der Waals surface area contributed by atoms with Crippen LogP contribution in [0.2, 0.25) is 0 Å². The molecule has 7 heteroatoms. The van der Waals surface area contributed by atoms with Crippen LogP contribution in [0, 0.1) is 19.7 Å². The van der Waals surface area contributed by atoms with Gasteiger partial charge in [-0.25, -0.2) is 14.0 Å². The maximum absolute atomic E-state index is 14.3. The minimum atomic E-state index is -0.905. The lowest BCUT2D eigenvalue weighted by molar-refractivity contribution is 0.0677. The molecule has 1 atom stereocenters. The largest absolute Gasteiger partial charge is 0.441 e. The number of aryl methyl sites for hydroxylation is 2. The van der Waals surface area contributed by atoms with Crippen LogP contribution in [0.1, 0.15) is 36.6 Å². The van der Waals surface area contributed by atoms with Gasteiger partial charge in [0.1, 0.15) is 11.4 Å². The number of hydrogen-bond acceptors (Lipinski definition) is 3. The number of halogens is 1. The number of benzene rings is 2. The third kappa shape index (κ3) is 4.02. The Morgan fingerprint density at radius 1 is 1.15 bits per heavy atom. The zero-order valence-corrected chi connectivity index (χ0v) is 15.6. The van der Waals surface area contributed by atoms with E-state index in [1.54, 1.807) is 13.8 Å². The van der Waals surface area contributed by atoms with E-state index < -0.39 is 29.6 Å². The molecule has 0 bridgehead atoms. The van der Waals surface area contributed by atoms with E-state index in [1.165, 1.54) is 18.2 Å². The van der Waals surface area contributed by atoms with E-state index in [-0.39, 0.29) is 5.56 Å². The Morgan fingerprint density at radius 3 is 2.52 bits per heavy atom. The van der Waals surface area contributed by atoms with E-state index in [0.29, 0.717) is 11.4 Å². The first-order chi connectivity index (χ1) is 12.7. The van der Waals surface area contributed by atoms with Crippen molar-refractivity contribution in [1.29, 1.82) is 0 Å². The predicted octanol–water partition coefficient (Wildman–Crippen LogP) is 4.65. The van der Waals surface area contributed by atoms with Gasteiger partial charge in [-0.05, 0) is 57.5 Å². The molecule has 0 radical (unpaired) electrons. The molecule has 0 aromatic heterocycles. The molecule has 27 heavy (non-hydrogen) atoms. The van der Waals surface area contributed by atoms with Crippen molar-refractivity contribution < 1.29 is 18.7 Å². The molecule has 2 aromatic rings. The van der Waals surface area contributed by atoms with Crippen molar-refractivity contribution in [2.24, 2.45) is 0 Å². The lowest BCUT2D eigenvalue weighted by Gasteiger charge is -2.24. The van der Waals surface area contributed by atoms with Crippen molar-refractivity contribution in [3.8, 4) is 0 Å². The molecule has 1 aliphatic heterocycles. The quantitative estimate of drug-likeness (QED) is 0.735. The minimum Gasteiger partial charge on any atom is -0.441 e. The van der Waals surface area contributed by atoms with Gasteiger partial charge in [0, 0.05) is 16.9 Å². The van der Waals surface area contributed by atoms with E-state index in [2.05, 4.69) is 16.0 Å². The Balaban J connectivity index is 1.78. The molecule has 6 nitrogen and oxygen atoms in total. The summed E-state index contributed by atoms with van der Waals surface area (Å²) in [6.07, 6.45) is -0.602. The van der Waals surface area contributed by atoms with Crippen LogP contribution in [-0.4, -0.2) is 17.7 Å². The Bertz CT molecular complexity index is 911. The van der Waals surface area contributed by atoms with Gasteiger partial charge in [-0.15, -0.1) is 0 Å². The fourth-order valence-corrected chi connectivity index (χ4v) is 3.15. The number of cyclic esters (lactones) is 1. The lowest BCUT2D eigenvalue weighted by atomic mass is 9.92. The molecule has 0 saturated carbocycles. The molecule has 0 spiro atoms. The first-order valence-electron chi connectivity index (χ1n) is 8.60. The van der Waals surface area contributed by atoms with Crippen molar-refractivity contribution in [3.05, 3.63) is 58.9 Å². The first-order valence-corrected chi connectivity index (χ1v) is 8.60. The molecule has 1 aliphatic rings. The smallest absolute Gasteiger partial charge is 0.408 e. The maximum Gasteiger partial charge on any atom is 0.408 e. The van der Waals surface area contributed by atoms with Crippen LogP contribution in [-0.2, 0) is 4.74 Å². The van der Waals surface area contributed by atoms with Crippen molar-refractivity contribution in [2.45, 2.75) is 39.3 Å². The normalized spacial score (nSPS) is 17.8. The van der Waals surface area contributed by atoms with Gasteiger partial charge in [-0.1, -0.05) is 17.7 Å². The zero-order chi connectivity index (χ0) is 19.8. The van der Waals surface area contributed by atoms with Crippen LogP contribution in [0.25, 0.3) is 0 Å². The Kier molecular flexibility index (Phi) is 4.78. The molecule has 2 aromatic carbocycles. The van der Waals surface area contributed by atoms with Gasteiger partial charge >= 0.3 is 12.1 Å². The van der Waals surface area contributed by atoms with Gasteiger partial charge in [-0.2, -0.15) is 0 Å². The Morgan fingerprint density at radius 2 is 1.89 bits per heavy atom. The van der Waals surface area contributed by atoms with Gasteiger partial charge < -0.3 is 20.7 Å². The number of amides is 3. The van der Waals surface area contributed by atoms with Crippen LogP contribution < -0.4 is 16.0 Å². The van der Waals surface area contributed by atoms with E-state index in [9.17, 15) is 14.0 Å². The van der Waals surface area contributed by atoms with E-state index in [1.807, 2.05) is 32.0 Å². The summed E-state index contributed by atoms with van der Waals surface area (Å²) in [4.78, 5) is 23.8. The monoisotopic (exact) mass is 371 g/mol. The van der Waals surface area contributed by atoms with Gasteiger partial charge in [0.25, 0.3) is 0 Å². The van der Waals surface area contributed by atoms with Crippen LogP contribution in [0.15, 0.2) is 36.4 Å². The number of rotatable bonds is 3. The standard InChI is InChI=1S/C20H22FN3O3/c1-11-5-8-16(12(2)9-11)23-18(25)22-13-6-7-15(21)14(10-13)17-20(3,4)27-19(26)24-17/h5-10,17H,1-4H3,(H,24,26)(H2,22,23,25). The average molecular weight is 371 g/mol. The highest BCUT2D eigenvalue weighted by atomic mass is 19.1. The molecule has 142 valence electrons. The van der Waals surface area contributed by atoms with Crippen molar-refractivity contribution in [3.63, 3.8) is 0 Å². The van der Waals surface area contributed by atoms with Crippen molar-refractivity contribution in [1.82, 2.24) is 5.32 Å². The molecular formula is C20H22FN3O3. The second kappa shape index (κ2) is 6.90. The number of alkyl carbamates (subject to hydrolysis) is 1. The zero-order valence-electron chi connectivity index (χ0n) is 15.6. The SMILES string of the molecule is Cc1ccc(NC(=O)Nc2ccc(F)c(C3NC(=O)OC3(C)C)c2)c(C)c1. The van der Waals surface area contributed by atoms with Gasteiger partial charge in [0.15, 0.2) is 0 Å². The number of ether oxygens (including phenoxy) is 1. The fraction of sp³-hybridized carbons (Fsp3) is 0.300. The van der Waals surface area contributed by atoms with Crippen LogP contribution in [0.4, 0.5) is 25.4 Å². The lowest BCUT2D eigenvalue weighted by Crippen LogP contribution is -2.31. The molecule has 1 unspecified atom stereocenters. The molecule has 3 amide bonds. The maximum atomic E-state index is 14.3. The number of nitrogens with one attached hydrogen (secondary N) is 3. The average Bonchev–Trinajstić information content (AvgIpc) is 2.84. The molecule has 0 aliphatic carbocycles. The van der Waals surface area contributed by atoms with E-state index >= 15 is 0 Å². The summed E-state index contributed by atoms with van der Waals surface area (Å²) in [7, 11) is 0. The minimum absolute atomic E-state index is 0.246. The number of urea groups is 1. The summed E-state index contributed by atoms with van der Waals surface area (Å²) in [5.74, 6) is -0.487. The predicted molar refractivity (Wildman–Crippen MR) is 101 cm³/mol. The molecule has 1 heterocycles. The van der Waals surface area contributed by atoms with Crippen LogP contribution >= 0.6 is 0 Å². The van der Waals surface area contributed by atoms with Gasteiger partial charge in [0.2, 0.25) is 0 Å². The Hall–Kier alpha value is -3.09. The molecule has 1 saturated heterocycles. The summed E-state index contributed by atoms with van der Waals surface area (Å²) < 4.78 is 19.5. The van der Waals surface area contributed by atoms with Crippen molar-refractivity contribution in [2.75, 3.05) is 10.6 Å². The summed E-state index contributed by atoms with van der Waals surface area (Å²) in [5, 5.41) is 8.07. The number of anilines is 2. The van der Waals surface area contributed by atoms with Crippen LogP contribution in [0.3, 0.4) is 0 Å². The summed E-state index contributed by atoms with van der Waals surface area (Å²) in [6.45, 7) is 7.28. The van der Waals surface area contributed by atoms with Gasteiger partial charge in [-0.3, -0.25) is 0 Å². The number of hydrogen-bond donors (Lipinski definition) is 3. The number of carbonyl (C=O) groups excluding carboxylic acids is 2. The topological polar surface area (TPSA) is 79.5 Å². The molecule has 1 fully saturated rings. The first kappa shape index (κ1) is 18.7. The second-order valence-corrected chi connectivity index (χ2v) is 7.20. The van der Waals surface area contributed by atoms with E-state index in [4.69, 9.17) is 4.74 Å². The molecule has 3 N–H and O–H groups in total. The highest BCUT2D eigenvalue weighted by Crippen LogP contribution is 2.36. The summed E-state index contributed by atoms with van der Waals surface area (Å²) >= 11 is 0. The van der Waals surface area contributed by atoms with Gasteiger partial charge in [0.05, 0.1) is 6.04 Å². The fourth-order valence-electron chi connectivity index (χ4n) is 3.15. The third-order valence-corrected chi connectivity index (χ3v) is 4.51. The second-order valence-electron chi connectivity index (χ2n) is 7.20. The molecule has 3 rings (SSSR count). The molecular weight excluding hydrogens is 349 g/mol. The third-order valence-electron chi connectivity index (χ3n) is 4.51.